The summed E-state index contributed by atoms with van der Waals surface area (Å²) in [6, 6.07) is 16.2. The minimum atomic E-state index is -0.499. The Labute approximate surface area is 207 Å². The van der Waals surface area contributed by atoms with E-state index in [4.69, 9.17) is 10.4 Å². The normalized spacial score (nSPS) is 13.4. The van der Waals surface area contributed by atoms with E-state index in [1.54, 1.807) is 6.21 Å². The fourth-order valence-electron chi connectivity index (χ4n) is 4.17. The topological polar surface area (TPSA) is 140 Å². The molecule has 3 heterocycles. The van der Waals surface area contributed by atoms with E-state index in [-0.39, 0.29) is 22.7 Å². The maximum Gasteiger partial charge on any atom is 0.293 e. The lowest BCUT2D eigenvalue weighted by molar-refractivity contribution is 0.0949. The molecule has 4 aromatic rings. The zero-order valence-electron chi connectivity index (χ0n) is 20.3. The number of rotatable bonds is 6. The van der Waals surface area contributed by atoms with Gasteiger partial charge >= 0.3 is 0 Å². The summed E-state index contributed by atoms with van der Waals surface area (Å²) in [5.74, 6) is -0.278. The van der Waals surface area contributed by atoms with Crippen LogP contribution in [0.2, 0.25) is 0 Å². The zero-order chi connectivity index (χ0) is 25.3. The Bertz CT molecular complexity index is 1410. The van der Waals surface area contributed by atoms with Gasteiger partial charge in [0.1, 0.15) is 0 Å². The van der Waals surface area contributed by atoms with Crippen molar-refractivity contribution >= 4 is 23.6 Å². The first-order valence-electron chi connectivity index (χ1n) is 11.6. The fraction of sp³-hybridized carbons (Fsp3) is 0.280. The van der Waals surface area contributed by atoms with E-state index in [9.17, 15) is 4.79 Å². The van der Waals surface area contributed by atoms with Gasteiger partial charge in [0, 0.05) is 12.2 Å². The molecule has 2 aromatic carbocycles. The van der Waals surface area contributed by atoms with Crippen molar-refractivity contribution in [1.82, 2.24) is 30.7 Å². The Morgan fingerprint density at radius 2 is 1.94 bits per heavy atom. The van der Waals surface area contributed by atoms with E-state index in [0.29, 0.717) is 12.2 Å². The third-order valence-corrected chi connectivity index (χ3v) is 6.15. The minimum Gasteiger partial charge on any atom is -0.378 e. The third kappa shape index (κ3) is 4.54. The quantitative estimate of drug-likeness (QED) is 0.314. The van der Waals surface area contributed by atoms with Gasteiger partial charge in [0.15, 0.2) is 5.69 Å². The minimum absolute atomic E-state index is 0.0478. The molecule has 2 aromatic heterocycles. The maximum atomic E-state index is 13.1. The number of aromatic nitrogens is 5. The van der Waals surface area contributed by atoms with Crippen LogP contribution in [-0.4, -0.2) is 44.0 Å². The molecule has 1 aliphatic heterocycles. The Hall–Kier alpha value is -4.54. The lowest BCUT2D eigenvalue weighted by Gasteiger charge is -2.19. The van der Waals surface area contributed by atoms with Crippen LogP contribution in [0.4, 0.5) is 11.5 Å². The van der Waals surface area contributed by atoms with Crippen LogP contribution in [0.1, 0.15) is 53.6 Å². The molecule has 3 N–H and O–H groups in total. The molecule has 0 saturated carbocycles. The van der Waals surface area contributed by atoms with Gasteiger partial charge in [-0.3, -0.25) is 4.79 Å². The highest BCUT2D eigenvalue weighted by molar-refractivity contribution is 5.94. The van der Waals surface area contributed by atoms with Crippen molar-refractivity contribution in [1.29, 1.82) is 0 Å². The lowest BCUT2D eigenvalue weighted by atomic mass is 9.87. The van der Waals surface area contributed by atoms with Crippen LogP contribution in [0.25, 0.3) is 5.82 Å². The number of hydrogen-bond acceptors (Lipinski definition) is 9. The molecule has 0 radical (unpaired) electrons. The van der Waals surface area contributed by atoms with Crippen LogP contribution >= 0.6 is 0 Å². The van der Waals surface area contributed by atoms with Gasteiger partial charge in [0.05, 0.1) is 18.5 Å². The van der Waals surface area contributed by atoms with Gasteiger partial charge in [-0.15, -0.1) is 5.10 Å². The van der Waals surface area contributed by atoms with E-state index >= 15 is 0 Å². The van der Waals surface area contributed by atoms with E-state index in [1.165, 1.54) is 15.8 Å². The van der Waals surface area contributed by atoms with Crippen LogP contribution in [0.15, 0.2) is 58.3 Å². The van der Waals surface area contributed by atoms with Gasteiger partial charge < -0.3 is 10.6 Å². The Kier molecular flexibility index (Phi) is 5.96. The van der Waals surface area contributed by atoms with Crippen molar-refractivity contribution in [3.8, 4) is 5.82 Å². The highest BCUT2D eigenvalue weighted by Crippen LogP contribution is 2.30. The molecular formula is C25H27N9O2. The number of amides is 1. The highest BCUT2D eigenvalue weighted by atomic mass is 16.6. The SMILES string of the molecule is CC(C)(C)c1ccc(/C=N/NC(=O)c2nnn(-c3nonc3N)c2CN2CCc3ccccc32)cc1. The summed E-state index contributed by atoms with van der Waals surface area (Å²) in [5, 5.41) is 19.8. The van der Waals surface area contributed by atoms with Crippen molar-refractivity contribution in [2.24, 2.45) is 5.10 Å². The first kappa shape index (κ1) is 23.2. The smallest absolute Gasteiger partial charge is 0.293 e. The number of hydrazone groups is 1. The van der Waals surface area contributed by atoms with Crippen LogP contribution in [-0.2, 0) is 18.4 Å². The average molecular weight is 486 g/mol. The summed E-state index contributed by atoms with van der Waals surface area (Å²) in [6.07, 6.45) is 2.50. The molecule has 0 saturated heterocycles. The summed E-state index contributed by atoms with van der Waals surface area (Å²) in [6.45, 7) is 7.62. The predicted molar refractivity (Wildman–Crippen MR) is 135 cm³/mol. The number of carbonyl (C=O) groups is 1. The molecule has 1 amide bonds. The number of hydrogen-bond donors (Lipinski definition) is 2. The molecule has 0 unspecified atom stereocenters. The van der Waals surface area contributed by atoms with E-state index in [1.807, 2.05) is 24.3 Å². The van der Waals surface area contributed by atoms with Gasteiger partial charge in [-0.25, -0.2) is 10.1 Å². The molecule has 1 aliphatic rings. The molecular weight excluding hydrogens is 458 g/mol. The van der Waals surface area contributed by atoms with Crippen LogP contribution in [0, 0.1) is 0 Å². The standard InChI is InChI=1S/C25H27N9O2/c1-25(2,3)18-10-8-16(9-11-18)14-27-29-24(35)21-20(34(32-28-21)23-22(26)30-36-31-23)15-33-13-12-17-6-4-5-7-19(17)33/h4-11,14H,12-13,15H2,1-3H3,(H2,26,30)(H,29,35)/b27-14+. The molecule has 0 spiro atoms. The summed E-state index contributed by atoms with van der Waals surface area (Å²) in [7, 11) is 0. The Morgan fingerprint density at radius 1 is 1.17 bits per heavy atom. The first-order valence-corrected chi connectivity index (χ1v) is 11.6. The highest BCUT2D eigenvalue weighted by Gasteiger charge is 2.28. The number of carbonyl (C=O) groups excluding carboxylic acids is 1. The van der Waals surface area contributed by atoms with Crippen molar-refractivity contribution in [3.05, 3.63) is 76.6 Å². The number of nitrogens with two attached hydrogens (primary N) is 1. The first-order chi connectivity index (χ1) is 17.3. The number of nitrogens with one attached hydrogen (secondary N) is 1. The van der Waals surface area contributed by atoms with E-state index in [2.05, 4.69) is 81.1 Å². The van der Waals surface area contributed by atoms with Gasteiger partial charge in [0.25, 0.3) is 5.91 Å². The maximum absolute atomic E-state index is 13.1. The van der Waals surface area contributed by atoms with Gasteiger partial charge in [-0.1, -0.05) is 68.4 Å². The molecule has 0 aliphatic carbocycles. The third-order valence-electron chi connectivity index (χ3n) is 6.15. The van der Waals surface area contributed by atoms with Crippen LogP contribution in [0.3, 0.4) is 0 Å². The molecule has 0 fully saturated rings. The molecule has 5 rings (SSSR count). The number of fused-ring (bicyclic) bond motifs is 1. The fourth-order valence-corrected chi connectivity index (χ4v) is 4.17. The van der Waals surface area contributed by atoms with Gasteiger partial charge in [0.2, 0.25) is 11.6 Å². The average Bonchev–Trinajstić information content (AvgIpc) is 3.58. The molecule has 0 bridgehead atoms. The number of benzene rings is 2. The second-order valence-corrected chi connectivity index (χ2v) is 9.64. The zero-order valence-corrected chi connectivity index (χ0v) is 20.3. The van der Waals surface area contributed by atoms with Gasteiger partial charge in [-0.05, 0) is 44.9 Å². The van der Waals surface area contributed by atoms with E-state index in [0.717, 1.165) is 24.2 Å². The summed E-state index contributed by atoms with van der Waals surface area (Å²) in [5.41, 5.74) is 13.5. The van der Waals surface area contributed by atoms with Crippen molar-refractivity contribution < 1.29 is 9.42 Å². The Balaban J connectivity index is 1.39. The number of nitrogen functional groups attached to an aromatic ring is 1. The largest absolute Gasteiger partial charge is 0.378 e. The number of anilines is 2. The number of nitrogens with zero attached hydrogens (tertiary/aromatic N) is 7. The summed E-state index contributed by atoms with van der Waals surface area (Å²) < 4.78 is 6.13. The monoisotopic (exact) mass is 485 g/mol. The van der Waals surface area contributed by atoms with Crippen molar-refractivity contribution in [3.63, 3.8) is 0 Å². The van der Waals surface area contributed by atoms with Gasteiger partial charge in [-0.2, -0.15) is 9.78 Å². The molecule has 11 nitrogen and oxygen atoms in total. The van der Waals surface area contributed by atoms with Crippen LogP contribution < -0.4 is 16.1 Å². The van der Waals surface area contributed by atoms with Crippen LogP contribution in [0.5, 0.6) is 0 Å². The molecule has 36 heavy (non-hydrogen) atoms. The molecule has 11 heteroatoms. The number of para-hydroxylation sites is 1. The second-order valence-electron chi connectivity index (χ2n) is 9.64. The molecule has 184 valence electrons. The summed E-state index contributed by atoms with van der Waals surface area (Å²) >= 11 is 0. The summed E-state index contributed by atoms with van der Waals surface area (Å²) in [4.78, 5) is 15.2. The van der Waals surface area contributed by atoms with E-state index < -0.39 is 5.91 Å². The molecule has 0 atom stereocenters. The van der Waals surface area contributed by atoms with Crippen molar-refractivity contribution in [2.75, 3.05) is 17.2 Å². The second kappa shape index (κ2) is 9.25. The predicted octanol–water partition coefficient (Wildman–Crippen LogP) is 2.86. The lowest BCUT2D eigenvalue weighted by Crippen LogP contribution is -2.26. The van der Waals surface area contributed by atoms with Crippen molar-refractivity contribution in [2.45, 2.75) is 39.2 Å². The Morgan fingerprint density at radius 3 is 2.67 bits per heavy atom.